The average Bonchev–Trinajstić information content (AvgIpc) is 2.77. The summed E-state index contributed by atoms with van der Waals surface area (Å²) in [6, 6.07) is 0. The Morgan fingerprint density at radius 1 is 1.28 bits per heavy atom. The van der Waals surface area contributed by atoms with E-state index in [4.69, 9.17) is 0 Å². The molecule has 0 heterocycles. The van der Waals surface area contributed by atoms with Crippen LogP contribution in [-0.4, -0.2) is 22.3 Å². The van der Waals surface area contributed by atoms with Crippen molar-refractivity contribution in [2.75, 3.05) is 0 Å². The van der Waals surface area contributed by atoms with Crippen molar-refractivity contribution in [3.63, 3.8) is 0 Å². The summed E-state index contributed by atoms with van der Waals surface area (Å²) in [4.78, 5) is 24.3. The normalized spacial score (nSPS) is 48.8. The number of rotatable bonds is 1. The molecule has 0 aromatic carbocycles. The maximum atomic E-state index is 12.4. The molecule has 6 atom stereocenters. The predicted octanol–water partition coefficient (Wildman–Crippen LogP) is 4.00. The Labute approximate surface area is 150 Å². The molecule has 4 rings (SSSR count). The van der Waals surface area contributed by atoms with E-state index in [0.717, 1.165) is 25.7 Å². The van der Waals surface area contributed by atoms with Gasteiger partial charge in [-0.2, -0.15) is 0 Å². The van der Waals surface area contributed by atoms with Crippen molar-refractivity contribution >= 4 is 11.6 Å². The van der Waals surface area contributed by atoms with E-state index < -0.39 is 5.60 Å². The van der Waals surface area contributed by atoms with Gasteiger partial charge in [-0.3, -0.25) is 9.59 Å². The molecule has 0 radical (unpaired) electrons. The summed E-state index contributed by atoms with van der Waals surface area (Å²) in [6.07, 6.45) is 9.45. The van der Waals surface area contributed by atoms with E-state index in [-0.39, 0.29) is 22.5 Å². The Kier molecular flexibility index (Phi) is 3.55. The highest BCUT2D eigenvalue weighted by Gasteiger charge is 2.66. The summed E-state index contributed by atoms with van der Waals surface area (Å²) in [6.45, 7) is 8.02. The molecule has 0 spiro atoms. The Bertz CT molecular complexity index is 717. The number of carbonyl (C=O) groups is 2. The average molecular weight is 342 g/mol. The molecule has 0 unspecified atom stereocenters. The fourth-order valence-corrected chi connectivity index (χ4v) is 6.88. The minimum absolute atomic E-state index is 0.00105. The second-order valence-electron chi connectivity index (χ2n) is 9.47. The van der Waals surface area contributed by atoms with Gasteiger partial charge in [0.1, 0.15) is 11.4 Å². The number of allylic oxidation sites excluding steroid dienone is 4. The third kappa shape index (κ3) is 1.96. The number of Topliss-reactive ketones (excluding diaryl/α,β-unsaturated/α-hetero) is 2. The molecule has 25 heavy (non-hydrogen) atoms. The summed E-state index contributed by atoms with van der Waals surface area (Å²) in [5.41, 5.74) is 1.21. The van der Waals surface area contributed by atoms with Crippen LogP contribution >= 0.6 is 0 Å². The molecule has 2 fully saturated rings. The van der Waals surface area contributed by atoms with Gasteiger partial charge in [0.15, 0.2) is 5.78 Å². The van der Waals surface area contributed by atoms with Crippen LogP contribution in [0.2, 0.25) is 0 Å². The van der Waals surface area contributed by atoms with Gasteiger partial charge in [0, 0.05) is 23.7 Å². The molecule has 3 nitrogen and oxygen atoms in total. The standard InChI is InChI=1S/C22H30O3/c1-13-11-19-17-6-5-15-12-16(24)7-9-20(15,3)18(17)8-10-21(19,4)22(13,25)14(2)23/h5,8,13,17,19,25H,6-7,9-12H2,1-4H3/t13-,17+,19-,20-,21-,22-/m0/s1. The summed E-state index contributed by atoms with van der Waals surface area (Å²) in [5, 5.41) is 11.4. The van der Waals surface area contributed by atoms with E-state index in [1.54, 1.807) is 6.92 Å². The topological polar surface area (TPSA) is 54.4 Å². The van der Waals surface area contributed by atoms with Crippen LogP contribution in [0.1, 0.15) is 66.2 Å². The number of carbonyl (C=O) groups excluding carboxylic acids is 2. The van der Waals surface area contributed by atoms with Gasteiger partial charge in [-0.05, 0) is 50.4 Å². The monoisotopic (exact) mass is 342 g/mol. The highest BCUT2D eigenvalue weighted by atomic mass is 16.3. The third-order valence-electron chi connectivity index (χ3n) is 8.43. The maximum absolute atomic E-state index is 12.4. The quantitative estimate of drug-likeness (QED) is 0.733. The van der Waals surface area contributed by atoms with Gasteiger partial charge in [-0.25, -0.2) is 0 Å². The molecule has 1 N–H and O–H groups in total. The largest absolute Gasteiger partial charge is 0.381 e. The zero-order valence-electron chi connectivity index (χ0n) is 15.9. The lowest BCUT2D eigenvalue weighted by Gasteiger charge is -2.54. The van der Waals surface area contributed by atoms with Crippen LogP contribution in [-0.2, 0) is 9.59 Å². The SMILES string of the molecule is CC(=O)[C@@]1(O)[C@@H](C)C[C@H]2[C@@H]3CC=C4CC(=O)CC[C@]4(C)C3=CC[C@@]21C. The van der Waals surface area contributed by atoms with Gasteiger partial charge in [0.2, 0.25) is 0 Å². The molecular formula is C22H30O3. The molecule has 0 saturated heterocycles. The Balaban J connectivity index is 1.78. The Hall–Kier alpha value is -1.22. The third-order valence-corrected chi connectivity index (χ3v) is 8.43. The van der Waals surface area contributed by atoms with Crippen LogP contribution in [0.25, 0.3) is 0 Å². The van der Waals surface area contributed by atoms with Crippen molar-refractivity contribution in [1.82, 2.24) is 0 Å². The predicted molar refractivity (Wildman–Crippen MR) is 96.9 cm³/mol. The minimum Gasteiger partial charge on any atom is -0.381 e. The Morgan fingerprint density at radius 2 is 2.00 bits per heavy atom. The molecule has 0 bridgehead atoms. The second kappa shape index (κ2) is 5.16. The lowest BCUT2D eigenvalue weighted by molar-refractivity contribution is -0.156. The fraction of sp³-hybridized carbons (Fsp3) is 0.727. The zero-order valence-corrected chi connectivity index (χ0v) is 15.9. The summed E-state index contributed by atoms with van der Waals surface area (Å²) in [5.74, 6) is 1.02. The van der Waals surface area contributed by atoms with Gasteiger partial charge in [-0.15, -0.1) is 0 Å². The van der Waals surface area contributed by atoms with E-state index in [9.17, 15) is 14.7 Å². The van der Waals surface area contributed by atoms with Crippen LogP contribution in [0.3, 0.4) is 0 Å². The van der Waals surface area contributed by atoms with Crippen LogP contribution in [0.5, 0.6) is 0 Å². The first-order valence-corrected chi connectivity index (χ1v) is 9.79. The van der Waals surface area contributed by atoms with Crippen molar-refractivity contribution in [1.29, 1.82) is 0 Å². The van der Waals surface area contributed by atoms with Crippen molar-refractivity contribution in [3.05, 3.63) is 23.3 Å². The van der Waals surface area contributed by atoms with Crippen molar-refractivity contribution in [2.24, 2.45) is 28.6 Å². The van der Waals surface area contributed by atoms with Gasteiger partial charge in [-0.1, -0.05) is 44.1 Å². The number of hydrogen-bond donors (Lipinski definition) is 1. The number of aliphatic hydroxyl groups is 1. The molecule has 0 aliphatic heterocycles. The lowest BCUT2D eigenvalue weighted by Crippen LogP contribution is -2.55. The Morgan fingerprint density at radius 3 is 2.68 bits per heavy atom. The minimum atomic E-state index is -1.22. The van der Waals surface area contributed by atoms with Gasteiger partial charge < -0.3 is 5.11 Å². The van der Waals surface area contributed by atoms with Gasteiger partial charge in [0.05, 0.1) is 0 Å². The van der Waals surface area contributed by atoms with Gasteiger partial charge in [0.25, 0.3) is 0 Å². The fourth-order valence-electron chi connectivity index (χ4n) is 6.88. The first kappa shape index (κ1) is 17.2. The first-order valence-electron chi connectivity index (χ1n) is 9.79. The summed E-state index contributed by atoms with van der Waals surface area (Å²) < 4.78 is 0. The van der Waals surface area contributed by atoms with Gasteiger partial charge >= 0.3 is 0 Å². The van der Waals surface area contributed by atoms with Crippen LogP contribution in [0.4, 0.5) is 0 Å². The first-order chi connectivity index (χ1) is 11.6. The van der Waals surface area contributed by atoms with E-state index in [1.807, 2.05) is 6.92 Å². The molecule has 3 heteroatoms. The highest BCUT2D eigenvalue weighted by Crippen LogP contribution is 2.66. The van der Waals surface area contributed by atoms with E-state index in [1.165, 1.54) is 11.1 Å². The molecule has 4 aliphatic carbocycles. The van der Waals surface area contributed by atoms with E-state index >= 15 is 0 Å². The molecule has 0 amide bonds. The van der Waals surface area contributed by atoms with E-state index in [2.05, 4.69) is 26.0 Å². The van der Waals surface area contributed by atoms with Crippen LogP contribution in [0.15, 0.2) is 23.3 Å². The smallest absolute Gasteiger partial charge is 0.162 e. The molecule has 4 aliphatic rings. The summed E-state index contributed by atoms with van der Waals surface area (Å²) in [7, 11) is 0. The van der Waals surface area contributed by atoms with Crippen molar-refractivity contribution in [2.45, 2.75) is 71.8 Å². The number of ketones is 2. The summed E-state index contributed by atoms with van der Waals surface area (Å²) >= 11 is 0. The number of hydrogen-bond acceptors (Lipinski definition) is 3. The molecule has 136 valence electrons. The van der Waals surface area contributed by atoms with Crippen molar-refractivity contribution < 1.29 is 14.7 Å². The molecule has 2 saturated carbocycles. The second-order valence-corrected chi connectivity index (χ2v) is 9.47. The molecule has 0 aromatic rings. The van der Waals surface area contributed by atoms with Crippen LogP contribution in [0, 0.1) is 28.6 Å². The molecule has 0 aromatic heterocycles. The van der Waals surface area contributed by atoms with Crippen molar-refractivity contribution in [3.8, 4) is 0 Å². The number of fused-ring (bicyclic) bond motifs is 5. The lowest BCUT2D eigenvalue weighted by atomic mass is 9.51. The maximum Gasteiger partial charge on any atom is 0.162 e. The molecular weight excluding hydrogens is 312 g/mol. The van der Waals surface area contributed by atoms with Crippen LogP contribution < -0.4 is 0 Å². The zero-order chi connectivity index (χ0) is 18.2. The highest BCUT2D eigenvalue weighted by molar-refractivity contribution is 5.87. The van der Waals surface area contributed by atoms with E-state index in [0.29, 0.717) is 30.5 Å².